The molecule has 0 aliphatic heterocycles. The molecule has 0 aliphatic rings. The Labute approximate surface area is 114 Å². The lowest BCUT2D eigenvalue weighted by Crippen LogP contribution is -2.10. The maximum Gasteiger partial charge on any atom is 0.419 e. The molecular weight excluding hydrogens is 300 g/mol. The summed E-state index contributed by atoms with van der Waals surface area (Å²) in [5, 5.41) is 9.71. The molecule has 0 fully saturated rings. The van der Waals surface area contributed by atoms with Gasteiger partial charge in [0.15, 0.2) is 0 Å². The van der Waals surface area contributed by atoms with Crippen LogP contribution in [0.1, 0.15) is 30.1 Å². The van der Waals surface area contributed by atoms with Gasteiger partial charge in [0.05, 0.1) is 11.7 Å². The molecule has 0 spiro atoms. The van der Waals surface area contributed by atoms with Gasteiger partial charge >= 0.3 is 6.18 Å². The predicted molar refractivity (Wildman–Crippen MR) is 65.3 cm³/mol. The molecule has 3 nitrogen and oxygen atoms in total. The van der Waals surface area contributed by atoms with E-state index >= 15 is 0 Å². The van der Waals surface area contributed by atoms with Crippen molar-refractivity contribution in [2.45, 2.75) is 25.1 Å². The Morgan fingerprint density at radius 1 is 1.30 bits per heavy atom. The van der Waals surface area contributed by atoms with Crippen LogP contribution in [0.15, 0.2) is 18.2 Å². The fourth-order valence-electron chi connectivity index (χ4n) is 1.67. The highest BCUT2D eigenvalue weighted by Gasteiger charge is 2.34. The van der Waals surface area contributed by atoms with Crippen LogP contribution < -0.4 is 0 Å². The number of benzene rings is 1. The third-order valence-corrected chi connectivity index (χ3v) is 3.70. The lowest BCUT2D eigenvalue weighted by atomic mass is 10.0. The van der Waals surface area contributed by atoms with E-state index in [4.69, 9.17) is 0 Å². The summed E-state index contributed by atoms with van der Waals surface area (Å²) in [5.74, 6) is -1.58. The van der Waals surface area contributed by atoms with E-state index < -0.39 is 33.5 Å². The topological polar surface area (TPSA) is 54.4 Å². The molecule has 1 aromatic carbocycles. The number of sulfone groups is 1. The van der Waals surface area contributed by atoms with Gasteiger partial charge in [0.2, 0.25) is 0 Å². The van der Waals surface area contributed by atoms with E-state index in [9.17, 15) is 31.1 Å². The molecule has 114 valence electrons. The van der Waals surface area contributed by atoms with Gasteiger partial charge in [-0.25, -0.2) is 12.8 Å². The Morgan fingerprint density at radius 2 is 1.90 bits per heavy atom. The van der Waals surface area contributed by atoms with Gasteiger partial charge < -0.3 is 5.11 Å². The predicted octanol–water partition coefficient (Wildman–Crippen LogP) is 2.70. The maximum atomic E-state index is 13.1. The molecule has 0 amide bonds. The molecule has 1 atom stereocenters. The van der Waals surface area contributed by atoms with E-state index in [0.717, 1.165) is 12.3 Å². The summed E-state index contributed by atoms with van der Waals surface area (Å²) >= 11 is 0. The van der Waals surface area contributed by atoms with E-state index in [2.05, 4.69) is 0 Å². The standard InChI is InChI=1S/C12H14F4O3S/c1-20(18,19)6-2-3-11(17)8-4-5-10(13)9(7-8)12(14,15)16/h4-5,7,11,17H,2-3,6H2,1H3. The average Bonchev–Trinajstić information content (AvgIpc) is 2.26. The first kappa shape index (κ1) is 16.9. The third-order valence-electron chi connectivity index (χ3n) is 2.67. The number of alkyl halides is 3. The van der Waals surface area contributed by atoms with Crippen LogP contribution in [-0.2, 0) is 16.0 Å². The minimum absolute atomic E-state index is 0.0179. The van der Waals surface area contributed by atoms with Gasteiger partial charge in [-0.15, -0.1) is 0 Å². The summed E-state index contributed by atoms with van der Waals surface area (Å²) in [4.78, 5) is 0. The minimum Gasteiger partial charge on any atom is -0.388 e. The van der Waals surface area contributed by atoms with Gasteiger partial charge in [-0.1, -0.05) is 6.07 Å². The molecule has 0 aromatic heterocycles. The summed E-state index contributed by atoms with van der Waals surface area (Å²) in [6.07, 6.45) is -4.99. The molecule has 0 aliphatic carbocycles. The van der Waals surface area contributed by atoms with Gasteiger partial charge in [0, 0.05) is 12.0 Å². The molecule has 1 N–H and O–H groups in total. The molecule has 8 heteroatoms. The molecule has 0 saturated heterocycles. The number of halogens is 4. The second kappa shape index (κ2) is 6.09. The molecule has 1 rings (SSSR count). The second-order valence-corrected chi connectivity index (χ2v) is 6.78. The van der Waals surface area contributed by atoms with E-state index in [1.165, 1.54) is 0 Å². The van der Waals surface area contributed by atoms with Crippen LogP contribution >= 0.6 is 0 Å². The maximum absolute atomic E-state index is 13.1. The van der Waals surface area contributed by atoms with Crippen LogP contribution in [-0.4, -0.2) is 25.5 Å². The highest BCUT2D eigenvalue weighted by molar-refractivity contribution is 7.90. The van der Waals surface area contributed by atoms with Crippen molar-refractivity contribution >= 4 is 9.84 Å². The molecule has 0 bridgehead atoms. The summed E-state index contributed by atoms with van der Waals surface area (Å²) in [6, 6.07) is 2.23. The number of rotatable bonds is 5. The molecule has 0 heterocycles. The molecule has 0 radical (unpaired) electrons. The van der Waals surface area contributed by atoms with Gasteiger partial charge in [0.1, 0.15) is 15.7 Å². The van der Waals surface area contributed by atoms with Crippen LogP contribution in [0.4, 0.5) is 17.6 Å². The Morgan fingerprint density at radius 3 is 2.40 bits per heavy atom. The van der Waals surface area contributed by atoms with Crippen molar-refractivity contribution < 1.29 is 31.1 Å². The largest absolute Gasteiger partial charge is 0.419 e. The fourth-order valence-corrected chi connectivity index (χ4v) is 2.36. The Kier molecular flexibility index (Phi) is 5.15. The number of hydrogen-bond donors (Lipinski definition) is 1. The van der Waals surface area contributed by atoms with Crippen molar-refractivity contribution in [3.05, 3.63) is 35.1 Å². The third kappa shape index (κ3) is 5.09. The van der Waals surface area contributed by atoms with Crippen LogP contribution in [0.2, 0.25) is 0 Å². The summed E-state index contributed by atoms with van der Waals surface area (Å²) in [7, 11) is -3.19. The van der Waals surface area contributed by atoms with Crippen molar-refractivity contribution in [3.8, 4) is 0 Å². The van der Waals surface area contributed by atoms with Crippen molar-refractivity contribution in [3.63, 3.8) is 0 Å². The highest BCUT2D eigenvalue weighted by atomic mass is 32.2. The van der Waals surface area contributed by atoms with Crippen molar-refractivity contribution in [1.29, 1.82) is 0 Å². The van der Waals surface area contributed by atoms with Gasteiger partial charge in [-0.05, 0) is 30.5 Å². The first-order chi connectivity index (χ1) is 9.00. The van der Waals surface area contributed by atoms with Crippen LogP contribution in [0.25, 0.3) is 0 Å². The Balaban J connectivity index is 2.82. The smallest absolute Gasteiger partial charge is 0.388 e. The van der Waals surface area contributed by atoms with Gasteiger partial charge in [0.25, 0.3) is 0 Å². The zero-order chi connectivity index (χ0) is 15.6. The second-order valence-electron chi connectivity index (χ2n) is 4.52. The zero-order valence-electron chi connectivity index (χ0n) is 10.6. The molecular formula is C12H14F4O3S. The summed E-state index contributed by atoms with van der Waals surface area (Å²) in [5.41, 5.74) is -1.54. The van der Waals surface area contributed by atoms with E-state index in [0.29, 0.717) is 12.1 Å². The Bertz CT molecular complexity index is 567. The highest BCUT2D eigenvalue weighted by Crippen LogP contribution is 2.33. The zero-order valence-corrected chi connectivity index (χ0v) is 11.4. The van der Waals surface area contributed by atoms with Gasteiger partial charge in [-0.2, -0.15) is 13.2 Å². The first-order valence-electron chi connectivity index (χ1n) is 5.73. The SMILES string of the molecule is CS(=O)(=O)CCCC(O)c1ccc(F)c(C(F)(F)F)c1. The number of aliphatic hydroxyl groups excluding tert-OH is 1. The molecule has 1 unspecified atom stereocenters. The van der Waals surface area contributed by atoms with E-state index in [1.807, 2.05) is 0 Å². The van der Waals surface area contributed by atoms with Crippen LogP contribution in [0.3, 0.4) is 0 Å². The number of hydrogen-bond acceptors (Lipinski definition) is 3. The van der Waals surface area contributed by atoms with Crippen LogP contribution in [0.5, 0.6) is 0 Å². The fraction of sp³-hybridized carbons (Fsp3) is 0.500. The van der Waals surface area contributed by atoms with E-state index in [1.54, 1.807) is 0 Å². The molecule has 20 heavy (non-hydrogen) atoms. The summed E-state index contributed by atoms with van der Waals surface area (Å²) in [6.45, 7) is 0. The van der Waals surface area contributed by atoms with Gasteiger partial charge in [-0.3, -0.25) is 0 Å². The monoisotopic (exact) mass is 314 g/mol. The van der Waals surface area contributed by atoms with E-state index in [-0.39, 0.29) is 24.2 Å². The average molecular weight is 314 g/mol. The minimum atomic E-state index is -4.84. The van der Waals surface area contributed by atoms with Crippen molar-refractivity contribution in [2.24, 2.45) is 0 Å². The molecule has 0 saturated carbocycles. The quantitative estimate of drug-likeness (QED) is 0.850. The molecule has 1 aromatic rings. The van der Waals surface area contributed by atoms with Crippen LogP contribution in [0, 0.1) is 5.82 Å². The Hall–Kier alpha value is -1.15. The summed E-state index contributed by atoms with van der Waals surface area (Å²) < 4.78 is 72.4. The van der Waals surface area contributed by atoms with Crippen molar-refractivity contribution in [2.75, 3.05) is 12.0 Å². The lowest BCUT2D eigenvalue weighted by molar-refractivity contribution is -0.140. The lowest BCUT2D eigenvalue weighted by Gasteiger charge is -2.14. The normalized spacial score (nSPS) is 14.3. The first-order valence-corrected chi connectivity index (χ1v) is 7.79. The van der Waals surface area contributed by atoms with Crippen molar-refractivity contribution in [1.82, 2.24) is 0 Å². The number of aliphatic hydroxyl groups is 1.